The van der Waals surface area contributed by atoms with Crippen molar-refractivity contribution in [2.75, 3.05) is 26.2 Å². The van der Waals surface area contributed by atoms with Gasteiger partial charge in [-0.1, -0.05) is 23.7 Å². The number of piperazine rings is 2. The van der Waals surface area contributed by atoms with E-state index in [1.807, 2.05) is 24.3 Å². The van der Waals surface area contributed by atoms with Crippen LogP contribution in [-0.4, -0.2) is 76.0 Å². The molecule has 0 aliphatic carbocycles. The van der Waals surface area contributed by atoms with Crippen molar-refractivity contribution < 1.29 is 14.7 Å². The van der Waals surface area contributed by atoms with Gasteiger partial charge in [-0.05, 0) is 17.7 Å². The smallest absolute Gasteiger partial charge is 0.247 e. The van der Waals surface area contributed by atoms with Crippen LogP contribution in [-0.2, 0) is 16.1 Å². The number of nitrogens with zero attached hydrogens (tertiary/aromatic N) is 3. The van der Waals surface area contributed by atoms with Crippen LogP contribution in [0, 0.1) is 0 Å². The van der Waals surface area contributed by atoms with Gasteiger partial charge in [-0.2, -0.15) is 0 Å². The third-order valence-electron chi connectivity index (χ3n) is 5.17. The number of hydrogen-bond acceptors (Lipinski definition) is 4. The monoisotopic (exact) mass is 349 g/mol. The maximum absolute atomic E-state index is 12.8. The van der Waals surface area contributed by atoms with E-state index < -0.39 is 18.2 Å². The van der Waals surface area contributed by atoms with E-state index in [1.54, 1.807) is 9.80 Å². The Labute approximate surface area is 145 Å². The third kappa shape index (κ3) is 2.68. The summed E-state index contributed by atoms with van der Waals surface area (Å²) in [6, 6.07) is 6.79. The van der Waals surface area contributed by atoms with E-state index in [9.17, 15) is 14.7 Å². The van der Waals surface area contributed by atoms with E-state index in [0.717, 1.165) is 12.1 Å². The Morgan fingerprint density at radius 2 is 1.88 bits per heavy atom. The molecule has 0 radical (unpaired) electrons. The van der Waals surface area contributed by atoms with Gasteiger partial charge >= 0.3 is 0 Å². The van der Waals surface area contributed by atoms with Gasteiger partial charge in [-0.3, -0.25) is 14.5 Å². The molecule has 128 valence electrons. The van der Waals surface area contributed by atoms with Gasteiger partial charge in [0, 0.05) is 44.2 Å². The molecule has 24 heavy (non-hydrogen) atoms. The van der Waals surface area contributed by atoms with Crippen LogP contribution in [0.15, 0.2) is 24.3 Å². The maximum Gasteiger partial charge on any atom is 0.247 e. The number of rotatable bonds is 2. The highest BCUT2D eigenvalue weighted by molar-refractivity contribution is 6.30. The van der Waals surface area contributed by atoms with Crippen molar-refractivity contribution in [3.63, 3.8) is 0 Å². The summed E-state index contributed by atoms with van der Waals surface area (Å²) in [4.78, 5) is 30.8. The van der Waals surface area contributed by atoms with Gasteiger partial charge in [0.15, 0.2) is 0 Å². The molecule has 2 amide bonds. The molecule has 1 aromatic rings. The minimum absolute atomic E-state index is 0.0152. The minimum atomic E-state index is -0.591. The first-order chi connectivity index (χ1) is 11.5. The average molecular weight is 350 g/mol. The number of fused-ring (bicyclic) bond motifs is 2. The molecule has 6 nitrogen and oxygen atoms in total. The standard InChI is InChI=1S/C17H20ClN3O3/c18-12-3-1-2-11(6-12)8-19-4-5-20-15(10-19)17(24)21-9-13(22)7-14(21)16(20)23/h1-3,6,13-15,22H,4-5,7-10H2/t13-,14+,15-/m1/s1. The summed E-state index contributed by atoms with van der Waals surface area (Å²) in [5.74, 6) is -0.0505. The molecule has 3 aliphatic heterocycles. The number of carbonyl (C=O) groups excluding carboxylic acids is 2. The van der Waals surface area contributed by atoms with Crippen molar-refractivity contribution in [3.8, 4) is 0 Å². The van der Waals surface area contributed by atoms with E-state index in [4.69, 9.17) is 11.6 Å². The van der Waals surface area contributed by atoms with Gasteiger partial charge < -0.3 is 14.9 Å². The lowest BCUT2D eigenvalue weighted by atomic mass is 10.0. The van der Waals surface area contributed by atoms with Crippen molar-refractivity contribution in [1.82, 2.24) is 14.7 Å². The van der Waals surface area contributed by atoms with Crippen LogP contribution < -0.4 is 0 Å². The van der Waals surface area contributed by atoms with E-state index in [1.165, 1.54) is 0 Å². The largest absolute Gasteiger partial charge is 0.391 e. The summed E-state index contributed by atoms with van der Waals surface area (Å²) in [6.07, 6.45) is -0.230. The molecule has 7 heteroatoms. The average Bonchev–Trinajstić information content (AvgIpc) is 2.95. The summed E-state index contributed by atoms with van der Waals surface area (Å²) in [7, 11) is 0. The molecule has 3 heterocycles. The van der Waals surface area contributed by atoms with E-state index in [-0.39, 0.29) is 18.4 Å². The number of amides is 2. The second kappa shape index (κ2) is 6.02. The molecule has 3 atom stereocenters. The minimum Gasteiger partial charge on any atom is -0.391 e. The van der Waals surface area contributed by atoms with Gasteiger partial charge in [-0.25, -0.2) is 0 Å². The molecule has 4 rings (SSSR count). The Hall–Kier alpha value is -1.63. The Morgan fingerprint density at radius 1 is 1.08 bits per heavy atom. The molecular weight excluding hydrogens is 330 g/mol. The highest BCUT2D eigenvalue weighted by Gasteiger charge is 2.51. The second-order valence-corrected chi connectivity index (χ2v) is 7.24. The summed E-state index contributed by atoms with van der Waals surface area (Å²) in [5.41, 5.74) is 1.10. The van der Waals surface area contributed by atoms with Crippen LogP contribution in [0.4, 0.5) is 0 Å². The third-order valence-corrected chi connectivity index (χ3v) is 5.41. The van der Waals surface area contributed by atoms with Crippen LogP contribution in [0.2, 0.25) is 5.02 Å². The molecular formula is C17H20ClN3O3. The van der Waals surface area contributed by atoms with Crippen LogP contribution in [0.3, 0.4) is 0 Å². The molecule has 0 saturated carbocycles. The topological polar surface area (TPSA) is 64.1 Å². The Morgan fingerprint density at radius 3 is 2.67 bits per heavy atom. The number of carbonyl (C=O) groups is 2. The summed E-state index contributed by atoms with van der Waals surface area (Å²) in [6.45, 7) is 2.79. The molecule has 3 fully saturated rings. The fraction of sp³-hybridized carbons (Fsp3) is 0.529. The first-order valence-corrected chi connectivity index (χ1v) is 8.66. The van der Waals surface area contributed by atoms with Crippen molar-refractivity contribution in [1.29, 1.82) is 0 Å². The van der Waals surface area contributed by atoms with Crippen LogP contribution in [0.25, 0.3) is 0 Å². The molecule has 0 aromatic heterocycles. The van der Waals surface area contributed by atoms with Gasteiger partial charge in [0.25, 0.3) is 0 Å². The molecule has 0 spiro atoms. The lowest BCUT2D eigenvalue weighted by Gasteiger charge is -2.47. The van der Waals surface area contributed by atoms with Crippen molar-refractivity contribution in [2.45, 2.75) is 31.2 Å². The Kier molecular flexibility index (Phi) is 3.98. The zero-order valence-corrected chi connectivity index (χ0v) is 14.0. The summed E-state index contributed by atoms with van der Waals surface area (Å²) < 4.78 is 0. The summed E-state index contributed by atoms with van der Waals surface area (Å²) in [5, 5.41) is 10.5. The van der Waals surface area contributed by atoms with E-state index >= 15 is 0 Å². The maximum atomic E-state index is 12.8. The molecule has 1 aromatic carbocycles. The fourth-order valence-corrected chi connectivity index (χ4v) is 4.24. The predicted molar refractivity (Wildman–Crippen MR) is 88.4 cm³/mol. The zero-order valence-electron chi connectivity index (χ0n) is 13.3. The predicted octanol–water partition coefficient (Wildman–Crippen LogP) is 0.328. The first-order valence-electron chi connectivity index (χ1n) is 8.29. The van der Waals surface area contributed by atoms with Gasteiger partial charge in [0.1, 0.15) is 12.1 Å². The van der Waals surface area contributed by atoms with Crippen molar-refractivity contribution in [3.05, 3.63) is 34.9 Å². The Balaban J connectivity index is 1.50. The number of halogens is 1. The highest BCUT2D eigenvalue weighted by atomic mass is 35.5. The second-order valence-electron chi connectivity index (χ2n) is 6.81. The molecule has 3 saturated heterocycles. The number of benzene rings is 1. The van der Waals surface area contributed by atoms with E-state index in [0.29, 0.717) is 31.1 Å². The zero-order chi connectivity index (χ0) is 16.8. The highest BCUT2D eigenvalue weighted by Crippen LogP contribution is 2.29. The van der Waals surface area contributed by atoms with Gasteiger partial charge in [-0.15, -0.1) is 0 Å². The van der Waals surface area contributed by atoms with Gasteiger partial charge in [0.05, 0.1) is 6.10 Å². The van der Waals surface area contributed by atoms with Crippen molar-refractivity contribution >= 4 is 23.4 Å². The first kappa shape index (κ1) is 15.9. The van der Waals surface area contributed by atoms with E-state index in [2.05, 4.69) is 4.90 Å². The summed E-state index contributed by atoms with van der Waals surface area (Å²) >= 11 is 6.03. The fourth-order valence-electron chi connectivity index (χ4n) is 4.03. The lowest BCUT2D eigenvalue weighted by Crippen LogP contribution is -2.68. The van der Waals surface area contributed by atoms with Crippen LogP contribution in [0.5, 0.6) is 0 Å². The number of hydrogen-bond donors (Lipinski definition) is 1. The van der Waals surface area contributed by atoms with Crippen LogP contribution in [0.1, 0.15) is 12.0 Å². The molecule has 0 bridgehead atoms. The lowest BCUT2D eigenvalue weighted by molar-refractivity contribution is -0.163. The van der Waals surface area contributed by atoms with Crippen LogP contribution >= 0.6 is 11.6 Å². The molecule has 0 unspecified atom stereocenters. The molecule has 1 N–H and O–H groups in total. The van der Waals surface area contributed by atoms with Gasteiger partial charge in [0.2, 0.25) is 11.8 Å². The molecule has 3 aliphatic rings. The quantitative estimate of drug-likeness (QED) is 0.835. The van der Waals surface area contributed by atoms with Crippen molar-refractivity contribution in [2.24, 2.45) is 0 Å². The normalized spacial score (nSPS) is 30.5. The Bertz CT molecular complexity index is 683. The number of aliphatic hydroxyl groups is 1. The SMILES string of the molecule is O=C1[C@@H]2C[C@@H](O)CN2C(=O)[C@H]2CN(Cc3cccc(Cl)c3)CCN12. The number of aliphatic hydroxyl groups excluding tert-OH is 1.